The van der Waals surface area contributed by atoms with Crippen LogP contribution in [0.25, 0.3) is 150 Å². The maximum Gasteiger partial charge on any atom is 0.104 e. The van der Waals surface area contributed by atoms with Crippen molar-refractivity contribution in [2.45, 2.75) is 66.2 Å². The van der Waals surface area contributed by atoms with Gasteiger partial charge in [-0.05, 0) is 114 Å². The Labute approximate surface area is 504 Å². The van der Waals surface area contributed by atoms with E-state index in [1.54, 1.807) is 11.3 Å². The minimum Gasteiger partial charge on any atom is -0.306 e. The van der Waals surface area contributed by atoms with Crippen LogP contribution in [0, 0.1) is 36.5 Å². The standard InChI is InChI=1S/C78H56N6S2/c1-43-37-54-51-34-35-52-50-25-13-19-31-66(50)85-75(52)72(51)84(65(54)38-44(43)2)69-57(41-79)70(81-60-27-15-9-21-46(60)47-22-10-16-28-61(47)81)74(71(58(69)42-80)82-62-29-17-11-23-48(62)49-24-12-18-30-63(49)82)83-64-36-33-45(77(3,4)5)39-55(64)56-40-59(78(6,7)8)68-53-26-14-20-32-67(53)86-76(68)73(56)83/h9-40H,1-8H3. The van der Waals surface area contributed by atoms with Crippen molar-refractivity contribution in [2.75, 3.05) is 0 Å². The lowest BCUT2D eigenvalue weighted by Gasteiger charge is -2.27. The average molecular weight is 1140 g/mol. The van der Waals surface area contributed by atoms with Gasteiger partial charge in [0.15, 0.2) is 0 Å². The third-order valence-corrected chi connectivity index (χ3v) is 21.0. The van der Waals surface area contributed by atoms with E-state index in [2.05, 4.69) is 280 Å². The van der Waals surface area contributed by atoms with Gasteiger partial charge < -0.3 is 18.3 Å². The molecule has 17 rings (SSSR count). The molecule has 410 valence electrons. The van der Waals surface area contributed by atoms with Crippen molar-refractivity contribution in [3.63, 3.8) is 0 Å². The van der Waals surface area contributed by atoms with E-state index in [9.17, 15) is 10.5 Å². The Morgan fingerprint density at radius 3 is 1.33 bits per heavy atom. The van der Waals surface area contributed by atoms with E-state index in [-0.39, 0.29) is 10.8 Å². The Morgan fingerprint density at radius 1 is 0.337 bits per heavy atom. The molecule has 0 aliphatic carbocycles. The third kappa shape index (κ3) is 6.74. The van der Waals surface area contributed by atoms with Crippen LogP contribution >= 0.6 is 22.7 Å². The molecule has 0 saturated heterocycles. The molecule has 0 atom stereocenters. The Hall–Kier alpha value is -9.96. The molecule has 0 saturated carbocycles. The van der Waals surface area contributed by atoms with Crippen LogP contribution < -0.4 is 0 Å². The van der Waals surface area contributed by atoms with Gasteiger partial charge in [-0.25, -0.2) is 0 Å². The second-order valence-corrected chi connectivity index (χ2v) is 27.6. The summed E-state index contributed by atoms with van der Waals surface area (Å²) in [6.07, 6.45) is 0. The van der Waals surface area contributed by atoms with E-state index in [0.717, 1.165) is 113 Å². The summed E-state index contributed by atoms with van der Waals surface area (Å²) in [7, 11) is 0. The SMILES string of the molecule is Cc1cc2c3ccc4c5ccccc5sc4c3n(-c3c(C#N)c(-n4c5ccccc5c5ccccc54)c(-n4c5ccc(C(C)(C)C)cc5c5cc(C(C)(C)C)c6c7ccccc7sc6c54)c(-n4c5ccccc5c5ccccc54)c3C#N)c2cc1C. The Kier molecular flexibility index (Phi) is 10.5. The molecule has 0 N–H and O–H groups in total. The first-order valence-electron chi connectivity index (χ1n) is 29.5. The normalized spacial score (nSPS) is 12.6. The summed E-state index contributed by atoms with van der Waals surface area (Å²) < 4.78 is 14.2. The van der Waals surface area contributed by atoms with Gasteiger partial charge in [0, 0.05) is 74.0 Å². The summed E-state index contributed by atoms with van der Waals surface area (Å²) in [6.45, 7) is 18.2. The van der Waals surface area contributed by atoms with Crippen LogP contribution in [0.4, 0.5) is 0 Å². The summed E-state index contributed by atoms with van der Waals surface area (Å²) in [5.74, 6) is 0. The predicted molar refractivity (Wildman–Crippen MR) is 366 cm³/mol. The lowest BCUT2D eigenvalue weighted by Crippen LogP contribution is -2.17. The molecular weight excluding hydrogens is 1090 g/mol. The van der Waals surface area contributed by atoms with Crippen LogP contribution in [0.2, 0.25) is 0 Å². The first-order chi connectivity index (χ1) is 41.7. The molecule has 0 fully saturated rings. The number of hydrogen-bond acceptors (Lipinski definition) is 4. The van der Waals surface area contributed by atoms with Crippen LogP contribution in [0.15, 0.2) is 194 Å². The van der Waals surface area contributed by atoms with E-state index in [4.69, 9.17) is 0 Å². The second-order valence-electron chi connectivity index (χ2n) is 25.5. The van der Waals surface area contributed by atoms with Crippen LogP contribution in [0.5, 0.6) is 0 Å². The van der Waals surface area contributed by atoms with Gasteiger partial charge in [-0.2, -0.15) is 10.5 Å². The Morgan fingerprint density at radius 2 is 0.779 bits per heavy atom. The number of aryl methyl sites for hydroxylation is 2. The number of benzene rings is 11. The Bertz CT molecular complexity index is 5710. The molecule has 17 aromatic rings. The molecule has 0 unspecified atom stereocenters. The van der Waals surface area contributed by atoms with Gasteiger partial charge in [-0.1, -0.05) is 169 Å². The zero-order valence-corrected chi connectivity index (χ0v) is 50.6. The average Bonchev–Trinajstić information content (AvgIpc) is 1.51. The molecule has 0 aliphatic rings. The minimum atomic E-state index is -0.239. The number of nitrogens with zero attached hydrogens (tertiary/aromatic N) is 6. The van der Waals surface area contributed by atoms with Gasteiger partial charge >= 0.3 is 0 Å². The summed E-state index contributed by atoms with van der Waals surface area (Å²) in [6, 6.07) is 76.7. The molecule has 0 spiro atoms. The van der Waals surface area contributed by atoms with Crippen molar-refractivity contribution in [1.29, 1.82) is 10.5 Å². The van der Waals surface area contributed by atoms with E-state index in [0.29, 0.717) is 28.2 Å². The molecule has 0 radical (unpaired) electrons. The molecular formula is C78H56N6S2. The van der Waals surface area contributed by atoms with Crippen molar-refractivity contribution >= 4 is 150 Å². The highest BCUT2D eigenvalue weighted by Crippen LogP contribution is 2.54. The van der Waals surface area contributed by atoms with Crippen LogP contribution in [0.1, 0.15) is 74.9 Å². The van der Waals surface area contributed by atoms with Crippen molar-refractivity contribution in [1.82, 2.24) is 18.3 Å². The van der Waals surface area contributed by atoms with Gasteiger partial charge in [0.25, 0.3) is 0 Å². The van der Waals surface area contributed by atoms with Crippen molar-refractivity contribution in [3.05, 3.63) is 228 Å². The molecule has 6 nitrogen and oxygen atoms in total. The highest BCUT2D eigenvalue weighted by atomic mass is 32.1. The van der Waals surface area contributed by atoms with E-state index < -0.39 is 0 Å². The number of nitriles is 2. The molecule has 8 heteroatoms. The maximum atomic E-state index is 13.1. The van der Waals surface area contributed by atoms with E-state index in [1.165, 1.54) is 42.2 Å². The zero-order valence-electron chi connectivity index (χ0n) is 49.0. The van der Waals surface area contributed by atoms with E-state index in [1.807, 2.05) is 11.3 Å². The largest absolute Gasteiger partial charge is 0.306 e. The number of aromatic nitrogens is 4. The Balaban J connectivity index is 1.23. The highest BCUT2D eigenvalue weighted by Gasteiger charge is 2.37. The fourth-order valence-corrected chi connectivity index (χ4v) is 17.1. The molecule has 0 aliphatic heterocycles. The number of rotatable bonds is 4. The fourth-order valence-electron chi connectivity index (χ4n) is 14.5. The molecule has 6 heterocycles. The first-order valence-corrected chi connectivity index (χ1v) is 31.2. The molecule has 6 aromatic heterocycles. The van der Waals surface area contributed by atoms with Crippen LogP contribution in [-0.4, -0.2) is 18.3 Å². The predicted octanol–water partition coefficient (Wildman–Crippen LogP) is 21.8. The first kappa shape index (κ1) is 50.5. The lowest BCUT2D eigenvalue weighted by molar-refractivity contribution is 0.591. The summed E-state index contributed by atoms with van der Waals surface area (Å²) >= 11 is 3.61. The van der Waals surface area contributed by atoms with Crippen LogP contribution in [-0.2, 0) is 10.8 Å². The summed E-state index contributed by atoms with van der Waals surface area (Å²) in [5, 5.41) is 39.5. The van der Waals surface area contributed by atoms with Gasteiger partial charge in [0.2, 0.25) is 0 Å². The molecule has 86 heavy (non-hydrogen) atoms. The lowest BCUT2D eigenvalue weighted by atomic mass is 9.82. The maximum absolute atomic E-state index is 13.1. The molecule has 11 aromatic carbocycles. The van der Waals surface area contributed by atoms with Crippen molar-refractivity contribution in [3.8, 4) is 34.9 Å². The smallest absolute Gasteiger partial charge is 0.104 e. The number of thiophene rings is 2. The zero-order chi connectivity index (χ0) is 58.4. The summed E-state index contributed by atoms with van der Waals surface area (Å²) in [5.41, 5.74) is 15.5. The second kappa shape index (κ2) is 17.8. The van der Waals surface area contributed by atoms with E-state index >= 15 is 0 Å². The van der Waals surface area contributed by atoms with Crippen molar-refractivity contribution < 1.29 is 0 Å². The minimum absolute atomic E-state index is 0.178. The van der Waals surface area contributed by atoms with Crippen molar-refractivity contribution in [2.24, 2.45) is 0 Å². The summed E-state index contributed by atoms with van der Waals surface area (Å²) in [4.78, 5) is 0. The topological polar surface area (TPSA) is 67.3 Å². The third-order valence-electron chi connectivity index (χ3n) is 18.6. The molecule has 0 amide bonds. The van der Waals surface area contributed by atoms with Gasteiger partial charge in [-0.15, -0.1) is 22.7 Å². The van der Waals surface area contributed by atoms with Gasteiger partial charge in [-0.3, -0.25) is 0 Å². The molecule has 0 bridgehead atoms. The quantitative estimate of drug-likeness (QED) is 0.176. The van der Waals surface area contributed by atoms with Gasteiger partial charge in [0.1, 0.15) is 23.3 Å². The van der Waals surface area contributed by atoms with Gasteiger partial charge in [0.05, 0.1) is 76.3 Å². The number of para-hydroxylation sites is 4. The monoisotopic (exact) mass is 1140 g/mol. The van der Waals surface area contributed by atoms with Crippen LogP contribution in [0.3, 0.4) is 0 Å². The fraction of sp³-hybridized carbons (Fsp3) is 0.128. The number of fused-ring (bicyclic) bond motifs is 20. The highest BCUT2D eigenvalue weighted by molar-refractivity contribution is 7.27. The number of hydrogen-bond donors (Lipinski definition) is 0.